The van der Waals surface area contributed by atoms with Gasteiger partial charge >= 0.3 is 5.97 Å². The summed E-state index contributed by atoms with van der Waals surface area (Å²) in [5.41, 5.74) is 7.55. The first-order chi connectivity index (χ1) is 10.9. The van der Waals surface area contributed by atoms with Crippen LogP contribution in [0.4, 0.5) is 5.69 Å². The lowest BCUT2D eigenvalue weighted by Crippen LogP contribution is -2.07. The molecule has 0 saturated carbocycles. The summed E-state index contributed by atoms with van der Waals surface area (Å²) in [7, 11) is 0. The van der Waals surface area contributed by atoms with E-state index in [0.29, 0.717) is 17.2 Å². The number of carbonyl (C=O) groups is 1. The van der Waals surface area contributed by atoms with E-state index in [1.165, 1.54) is 0 Å². The molecule has 6 heteroatoms. The molecule has 0 saturated heterocycles. The lowest BCUT2D eigenvalue weighted by atomic mass is 10.1. The molecule has 5 nitrogen and oxygen atoms in total. The van der Waals surface area contributed by atoms with Crippen molar-refractivity contribution in [2.24, 2.45) is 5.10 Å². The molecule has 0 aliphatic rings. The first kappa shape index (κ1) is 17.1. The van der Waals surface area contributed by atoms with E-state index in [1.807, 2.05) is 32.9 Å². The number of rotatable bonds is 5. The number of hydrogen-bond acceptors (Lipinski definition) is 4. The standard InChI is InChI=1S/C17H20ClN3O2/c1-5-23-17(22)15-10(2)16(19-11(15)3)12(4)20-21-14-8-6-13(18)7-9-14/h6-9,19,21H,5H2,1-4H3/b20-12+. The van der Waals surface area contributed by atoms with E-state index < -0.39 is 0 Å². The van der Waals surface area contributed by atoms with Crippen LogP contribution in [0.5, 0.6) is 0 Å². The molecule has 23 heavy (non-hydrogen) atoms. The number of nitrogens with zero attached hydrogens (tertiary/aromatic N) is 1. The number of anilines is 1. The highest BCUT2D eigenvalue weighted by atomic mass is 35.5. The number of halogens is 1. The molecule has 0 aliphatic heterocycles. The van der Waals surface area contributed by atoms with Gasteiger partial charge < -0.3 is 9.72 Å². The number of benzene rings is 1. The summed E-state index contributed by atoms with van der Waals surface area (Å²) in [5, 5.41) is 5.03. The quantitative estimate of drug-likeness (QED) is 0.487. The molecule has 0 bridgehead atoms. The third-order valence-corrected chi connectivity index (χ3v) is 3.73. The van der Waals surface area contributed by atoms with Gasteiger partial charge in [0, 0.05) is 10.7 Å². The van der Waals surface area contributed by atoms with Crippen molar-refractivity contribution >= 4 is 29.0 Å². The summed E-state index contributed by atoms with van der Waals surface area (Å²) in [6, 6.07) is 7.27. The molecule has 2 aromatic rings. The summed E-state index contributed by atoms with van der Waals surface area (Å²) in [5.74, 6) is -0.316. The second-order valence-corrected chi connectivity index (χ2v) is 5.60. The van der Waals surface area contributed by atoms with Gasteiger partial charge in [0.25, 0.3) is 0 Å². The second-order valence-electron chi connectivity index (χ2n) is 5.16. The minimum absolute atomic E-state index is 0.316. The van der Waals surface area contributed by atoms with Crippen molar-refractivity contribution in [1.29, 1.82) is 0 Å². The second kappa shape index (κ2) is 7.33. The lowest BCUT2D eigenvalue weighted by Gasteiger charge is -2.04. The molecule has 0 atom stereocenters. The number of aromatic amines is 1. The third-order valence-electron chi connectivity index (χ3n) is 3.48. The van der Waals surface area contributed by atoms with E-state index in [2.05, 4.69) is 15.5 Å². The van der Waals surface area contributed by atoms with Gasteiger partial charge in [0.1, 0.15) is 0 Å². The van der Waals surface area contributed by atoms with Crippen LogP contribution in [0, 0.1) is 13.8 Å². The molecule has 0 aliphatic carbocycles. The Balaban J connectivity index is 2.23. The van der Waals surface area contributed by atoms with Crippen LogP contribution in [0.1, 0.15) is 41.2 Å². The molecule has 122 valence electrons. The Morgan fingerprint density at radius 1 is 1.30 bits per heavy atom. The zero-order valence-corrected chi connectivity index (χ0v) is 14.4. The number of aryl methyl sites for hydroxylation is 1. The van der Waals surface area contributed by atoms with E-state index in [4.69, 9.17) is 16.3 Å². The molecule has 2 rings (SSSR count). The van der Waals surface area contributed by atoms with Gasteiger partial charge in [0.15, 0.2) is 0 Å². The van der Waals surface area contributed by atoms with Gasteiger partial charge in [-0.15, -0.1) is 0 Å². The third kappa shape index (κ3) is 3.93. The Hall–Kier alpha value is -2.27. The van der Waals surface area contributed by atoms with E-state index in [-0.39, 0.29) is 5.97 Å². The summed E-state index contributed by atoms with van der Waals surface area (Å²) >= 11 is 5.85. The summed E-state index contributed by atoms with van der Waals surface area (Å²) < 4.78 is 5.10. The molecule has 1 heterocycles. The van der Waals surface area contributed by atoms with Gasteiger partial charge in [-0.05, 0) is 57.5 Å². The Morgan fingerprint density at radius 2 is 1.96 bits per heavy atom. The zero-order valence-electron chi connectivity index (χ0n) is 13.7. The number of ether oxygens (including phenoxy) is 1. The van der Waals surface area contributed by atoms with E-state index in [0.717, 1.165) is 28.4 Å². The van der Waals surface area contributed by atoms with Crippen LogP contribution >= 0.6 is 11.6 Å². The minimum atomic E-state index is -0.316. The number of nitrogens with one attached hydrogen (secondary N) is 2. The highest BCUT2D eigenvalue weighted by molar-refractivity contribution is 6.30. The SMILES string of the molecule is CCOC(=O)c1c(C)[nH]c(/C(C)=N/Nc2ccc(Cl)cc2)c1C. The van der Waals surface area contributed by atoms with Crippen molar-refractivity contribution < 1.29 is 9.53 Å². The number of aromatic nitrogens is 1. The van der Waals surface area contributed by atoms with Gasteiger partial charge in [-0.25, -0.2) is 4.79 Å². The van der Waals surface area contributed by atoms with Crippen molar-refractivity contribution in [2.75, 3.05) is 12.0 Å². The van der Waals surface area contributed by atoms with Crippen LogP contribution in [0.2, 0.25) is 5.02 Å². The maximum atomic E-state index is 12.0. The first-order valence-electron chi connectivity index (χ1n) is 7.36. The Morgan fingerprint density at radius 3 is 2.57 bits per heavy atom. The maximum absolute atomic E-state index is 12.0. The maximum Gasteiger partial charge on any atom is 0.340 e. The zero-order chi connectivity index (χ0) is 17.0. The van der Waals surface area contributed by atoms with Crippen molar-refractivity contribution in [3.63, 3.8) is 0 Å². The predicted octanol–water partition coefficient (Wildman–Crippen LogP) is 4.30. The van der Waals surface area contributed by atoms with Crippen molar-refractivity contribution in [3.05, 3.63) is 51.8 Å². The average Bonchev–Trinajstić information content (AvgIpc) is 2.81. The van der Waals surface area contributed by atoms with E-state index >= 15 is 0 Å². The highest BCUT2D eigenvalue weighted by Gasteiger charge is 2.20. The predicted molar refractivity (Wildman–Crippen MR) is 93.5 cm³/mol. The molecule has 0 spiro atoms. The Bertz CT molecular complexity index is 733. The molecule has 0 radical (unpaired) electrons. The van der Waals surface area contributed by atoms with Crippen molar-refractivity contribution in [3.8, 4) is 0 Å². The van der Waals surface area contributed by atoms with Crippen LogP contribution in [-0.2, 0) is 4.74 Å². The summed E-state index contributed by atoms with van der Waals surface area (Å²) in [6.45, 7) is 7.74. The number of hydrazone groups is 1. The van der Waals surface area contributed by atoms with Gasteiger partial charge in [0.05, 0.1) is 29.3 Å². The van der Waals surface area contributed by atoms with Crippen LogP contribution in [0.15, 0.2) is 29.4 Å². The molecule has 1 aromatic heterocycles. The number of esters is 1. The Kier molecular flexibility index (Phi) is 5.45. The molecular weight excluding hydrogens is 314 g/mol. The first-order valence-corrected chi connectivity index (χ1v) is 7.74. The molecule has 2 N–H and O–H groups in total. The van der Waals surface area contributed by atoms with Gasteiger partial charge in [0.2, 0.25) is 0 Å². The molecular formula is C17H20ClN3O2. The minimum Gasteiger partial charge on any atom is -0.462 e. The van der Waals surface area contributed by atoms with Crippen LogP contribution in [0.3, 0.4) is 0 Å². The van der Waals surface area contributed by atoms with Gasteiger partial charge in [-0.1, -0.05) is 11.6 Å². The number of H-pyrrole nitrogens is 1. The van der Waals surface area contributed by atoms with Crippen molar-refractivity contribution in [2.45, 2.75) is 27.7 Å². The summed E-state index contributed by atoms with van der Waals surface area (Å²) in [6.07, 6.45) is 0. The fraction of sp³-hybridized carbons (Fsp3) is 0.294. The highest BCUT2D eigenvalue weighted by Crippen LogP contribution is 2.20. The fourth-order valence-electron chi connectivity index (χ4n) is 2.35. The number of hydrogen-bond donors (Lipinski definition) is 2. The monoisotopic (exact) mass is 333 g/mol. The van der Waals surface area contributed by atoms with Crippen LogP contribution < -0.4 is 5.43 Å². The smallest absolute Gasteiger partial charge is 0.340 e. The van der Waals surface area contributed by atoms with Gasteiger partial charge in [-0.3, -0.25) is 5.43 Å². The largest absolute Gasteiger partial charge is 0.462 e. The number of carbonyl (C=O) groups excluding carboxylic acids is 1. The molecule has 0 amide bonds. The topological polar surface area (TPSA) is 66.5 Å². The van der Waals surface area contributed by atoms with Gasteiger partial charge in [-0.2, -0.15) is 5.10 Å². The normalized spacial score (nSPS) is 11.4. The van der Waals surface area contributed by atoms with E-state index in [9.17, 15) is 4.79 Å². The lowest BCUT2D eigenvalue weighted by molar-refractivity contribution is 0.0525. The molecule has 0 fully saturated rings. The Labute approximate surface area is 140 Å². The van der Waals surface area contributed by atoms with Crippen LogP contribution in [-0.4, -0.2) is 23.3 Å². The summed E-state index contributed by atoms with van der Waals surface area (Å²) in [4.78, 5) is 15.2. The van der Waals surface area contributed by atoms with Crippen LogP contribution in [0.25, 0.3) is 0 Å². The average molecular weight is 334 g/mol. The van der Waals surface area contributed by atoms with E-state index in [1.54, 1.807) is 19.1 Å². The fourth-order valence-corrected chi connectivity index (χ4v) is 2.48. The molecule has 1 aromatic carbocycles. The van der Waals surface area contributed by atoms with Crippen molar-refractivity contribution in [1.82, 2.24) is 4.98 Å². The molecule has 0 unspecified atom stereocenters.